The van der Waals surface area contributed by atoms with Crippen LogP contribution in [0.2, 0.25) is 5.02 Å². The summed E-state index contributed by atoms with van der Waals surface area (Å²) in [7, 11) is 0. The number of halogens is 6. The van der Waals surface area contributed by atoms with Crippen LogP contribution in [-0.2, 0) is 6.18 Å². The Labute approximate surface area is 237 Å². The Hall–Kier alpha value is -3.03. The molecule has 2 aromatic heterocycles. The number of hydrogen-bond acceptors (Lipinski definition) is 8. The second-order valence-electron chi connectivity index (χ2n) is 11.4. The van der Waals surface area contributed by atoms with E-state index in [0.29, 0.717) is 18.9 Å². The predicted molar refractivity (Wildman–Crippen MR) is 143 cm³/mol. The maximum atomic E-state index is 16.4. The van der Waals surface area contributed by atoms with Crippen molar-refractivity contribution in [1.29, 1.82) is 0 Å². The minimum absolute atomic E-state index is 0.0971. The number of ether oxygens (including phenoxy) is 1. The molecule has 1 saturated carbocycles. The molecule has 220 valence electrons. The first-order chi connectivity index (χ1) is 19.4. The van der Waals surface area contributed by atoms with Crippen molar-refractivity contribution in [2.45, 2.75) is 57.0 Å². The molecule has 2 saturated heterocycles. The molecule has 4 heterocycles. The average molecular weight is 599 g/mol. The van der Waals surface area contributed by atoms with Gasteiger partial charge in [-0.25, -0.2) is 13.8 Å². The first kappa shape index (κ1) is 28.1. The minimum Gasteiger partial charge on any atom is -0.463 e. The SMILES string of the molecule is Cc1cc(N)nc(-c2c(Cl)cc3c(N4CC5CCC(C4)N5)nc(OCC4(CO)CC(F)C4)nc3c2F)c1C(F)(F)F. The molecule has 3 aliphatic rings. The van der Waals surface area contributed by atoms with Crippen molar-refractivity contribution in [3.63, 3.8) is 0 Å². The number of nitrogens with two attached hydrogens (primary N) is 1. The Morgan fingerprint density at radius 2 is 1.85 bits per heavy atom. The highest BCUT2D eigenvalue weighted by Gasteiger charge is 2.45. The quantitative estimate of drug-likeness (QED) is 0.347. The number of benzene rings is 1. The van der Waals surface area contributed by atoms with Crippen LogP contribution >= 0.6 is 11.6 Å². The summed E-state index contributed by atoms with van der Waals surface area (Å²) < 4.78 is 78.2. The van der Waals surface area contributed by atoms with Crippen LogP contribution in [0.3, 0.4) is 0 Å². The molecule has 1 aliphatic carbocycles. The van der Waals surface area contributed by atoms with E-state index in [9.17, 15) is 22.7 Å². The normalized spacial score (nSPS) is 26.0. The monoisotopic (exact) mass is 598 g/mol. The van der Waals surface area contributed by atoms with E-state index < -0.39 is 40.4 Å². The van der Waals surface area contributed by atoms with Gasteiger partial charge in [0.05, 0.1) is 35.1 Å². The molecule has 2 atom stereocenters. The molecule has 0 radical (unpaired) electrons. The zero-order valence-corrected chi connectivity index (χ0v) is 22.8. The van der Waals surface area contributed by atoms with Crippen molar-refractivity contribution in [2.75, 3.05) is 36.9 Å². The van der Waals surface area contributed by atoms with E-state index in [2.05, 4.69) is 20.3 Å². The summed E-state index contributed by atoms with van der Waals surface area (Å²) in [6.45, 7) is 1.89. The molecule has 6 rings (SSSR count). The van der Waals surface area contributed by atoms with E-state index in [1.165, 1.54) is 13.0 Å². The minimum atomic E-state index is -4.87. The van der Waals surface area contributed by atoms with E-state index in [0.717, 1.165) is 18.9 Å². The molecule has 4 N–H and O–H groups in total. The fourth-order valence-electron chi connectivity index (χ4n) is 6.28. The summed E-state index contributed by atoms with van der Waals surface area (Å²) in [5.41, 5.74) is 1.91. The molecular weight excluding hydrogens is 571 g/mol. The third-order valence-electron chi connectivity index (χ3n) is 8.27. The van der Waals surface area contributed by atoms with Gasteiger partial charge in [-0.05, 0) is 50.3 Å². The molecule has 2 aliphatic heterocycles. The lowest BCUT2D eigenvalue weighted by Gasteiger charge is -2.42. The molecular formula is C27H28ClF5N6O2. The zero-order chi connectivity index (χ0) is 29.3. The number of nitrogens with one attached hydrogen (secondary N) is 1. The highest BCUT2D eigenvalue weighted by molar-refractivity contribution is 6.34. The number of rotatable bonds is 6. The predicted octanol–water partition coefficient (Wildman–Crippen LogP) is 4.82. The van der Waals surface area contributed by atoms with E-state index in [1.54, 1.807) is 0 Å². The van der Waals surface area contributed by atoms with Crippen LogP contribution in [0.1, 0.15) is 36.8 Å². The van der Waals surface area contributed by atoms with Gasteiger partial charge in [-0.15, -0.1) is 0 Å². The van der Waals surface area contributed by atoms with Crippen LogP contribution in [0.25, 0.3) is 22.2 Å². The summed E-state index contributed by atoms with van der Waals surface area (Å²) in [6.07, 6.45) is -3.83. The second kappa shape index (κ2) is 10.1. The maximum absolute atomic E-state index is 16.4. The van der Waals surface area contributed by atoms with Gasteiger partial charge in [-0.3, -0.25) is 0 Å². The third-order valence-corrected chi connectivity index (χ3v) is 8.57. The Balaban J connectivity index is 1.52. The summed E-state index contributed by atoms with van der Waals surface area (Å²) in [5, 5.41) is 13.2. The standard InChI is InChI=1S/C27H28ClF5N6O2/c1-12-4-18(34)36-23(20(12)27(31,32)33)19-17(28)5-16-22(21(19)30)37-25(41-11-26(10-40)6-13(29)7-26)38-24(16)39-8-14-2-3-15(9-39)35-14/h4-5,13-15,35,40H,2-3,6-11H2,1H3,(H2,34,36). The third kappa shape index (κ3) is 5.01. The summed E-state index contributed by atoms with van der Waals surface area (Å²) in [4.78, 5) is 14.6. The Kier molecular flexibility index (Phi) is 6.89. The number of fused-ring (bicyclic) bond motifs is 3. The number of aryl methyl sites for hydroxylation is 1. The Morgan fingerprint density at radius 3 is 2.46 bits per heavy atom. The fourth-order valence-corrected chi connectivity index (χ4v) is 6.56. The molecule has 8 nitrogen and oxygen atoms in total. The second-order valence-corrected chi connectivity index (χ2v) is 11.8. The highest BCUT2D eigenvalue weighted by Crippen LogP contribution is 2.46. The van der Waals surface area contributed by atoms with Crippen molar-refractivity contribution >= 4 is 34.1 Å². The van der Waals surface area contributed by atoms with Crippen LogP contribution in [0, 0.1) is 18.2 Å². The molecule has 1 aromatic carbocycles. The Morgan fingerprint density at radius 1 is 1.17 bits per heavy atom. The van der Waals surface area contributed by atoms with Crippen molar-refractivity contribution in [1.82, 2.24) is 20.3 Å². The Bertz CT molecular complexity index is 1500. The van der Waals surface area contributed by atoms with Crippen LogP contribution in [-0.4, -0.2) is 64.6 Å². The van der Waals surface area contributed by atoms with Crippen molar-refractivity contribution in [3.8, 4) is 17.3 Å². The molecule has 14 heteroatoms. The van der Waals surface area contributed by atoms with Crippen molar-refractivity contribution in [2.24, 2.45) is 5.41 Å². The molecule has 0 spiro atoms. The van der Waals surface area contributed by atoms with Crippen molar-refractivity contribution < 1.29 is 31.8 Å². The maximum Gasteiger partial charge on any atom is 0.418 e. The largest absolute Gasteiger partial charge is 0.463 e. The number of anilines is 2. The summed E-state index contributed by atoms with van der Waals surface area (Å²) in [5.74, 6) is -1.05. The zero-order valence-electron chi connectivity index (χ0n) is 22.0. The molecule has 41 heavy (non-hydrogen) atoms. The first-order valence-electron chi connectivity index (χ1n) is 13.3. The van der Waals surface area contributed by atoms with Gasteiger partial charge in [-0.1, -0.05) is 11.6 Å². The van der Waals surface area contributed by atoms with Gasteiger partial charge >= 0.3 is 12.2 Å². The number of piperazine rings is 1. The topological polar surface area (TPSA) is 109 Å². The van der Waals surface area contributed by atoms with Gasteiger partial charge in [0.1, 0.15) is 23.3 Å². The van der Waals surface area contributed by atoms with E-state index in [-0.39, 0.29) is 71.5 Å². The molecule has 3 fully saturated rings. The lowest BCUT2D eigenvalue weighted by atomic mass is 9.69. The number of hydrogen-bond donors (Lipinski definition) is 3. The number of aliphatic hydroxyl groups excluding tert-OH is 1. The number of aliphatic hydroxyl groups is 1. The molecule has 2 unspecified atom stereocenters. The first-order valence-corrected chi connectivity index (χ1v) is 13.7. The van der Waals surface area contributed by atoms with Gasteiger partial charge in [0.25, 0.3) is 0 Å². The van der Waals surface area contributed by atoms with Gasteiger partial charge < -0.3 is 25.8 Å². The number of alkyl halides is 4. The number of pyridine rings is 1. The van der Waals surface area contributed by atoms with Crippen LogP contribution < -0.4 is 20.7 Å². The smallest absolute Gasteiger partial charge is 0.418 e. The summed E-state index contributed by atoms with van der Waals surface area (Å²) in [6, 6.07) is 2.53. The number of nitrogens with zero attached hydrogens (tertiary/aromatic N) is 4. The molecule has 3 aromatic rings. The van der Waals surface area contributed by atoms with Gasteiger partial charge in [0, 0.05) is 36.0 Å². The highest BCUT2D eigenvalue weighted by atomic mass is 35.5. The number of nitrogen functional groups attached to an aromatic ring is 1. The van der Waals surface area contributed by atoms with Gasteiger partial charge in [-0.2, -0.15) is 23.1 Å². The summed E-state index contributed by atoms with van der Waals surface area (Å²) >= 11 is 6.50. The average Bonchev–Trinajstić information content (AvgIpc) is 3.21. The fraction of sp³-hybridized carbons (Fsp3) is 0.519. The van der Waals surface area contributed by atoms with Crippen LogP contribution in [0.15, 0.2) is 12.1 Å². The lowest BCUT2D eigenvalue weighted by Crippen LogP contribution is -2.51. The van der Waals surface area contributed by atoms with E-state index in [1.807, 2.05) is 4.90 Å². The molecule has 0 amide bonds. The van der Waals surface area contributed by atoms with Crippen LogP contribution in [0.4, 0.5) is 33.6 Å². The van der Waals surface area contributed by atoms with E-state index >= 15 is 4.39 Å². The lowest BCUT2D eigenvalue weighted by molar-refractivity contribution is -0.137. The van der Waals surface area contributed by atoms with Gasteiger partial charge in [0.15, 0.2) is 5.82 Å². The molecule has 2 bridgehead atoms. The van der Waals surface area contributed by atoms with Gasteiger partial charge in [0.2, 0.25) is 0 Å². The van der Waals surface area contributed by atoms with Crippen molar-refractivity contribution in [3.05, 3.63) is 34.1 Å². The van der Waals surface area contributed by atoms with E-state index in [4.69, 9.17) is 22.1 Å². The van der Waals surface area contributed by atoms with Crippen LogP contribution in [0.5, 0.6) is 6.01 Å². The number of aromatic nitrogens is 3.